The topological polar surface area (TPSA) is 159 Å². The molecule has 0 radical (unpaired) electrons. The number of carboxylic acid groups (broad SMARTS) is 1. The highest BCUT2D eigenvalue weighted by atomic mass is 79.9. The molecule has 0 amide bonds. The number of hydrogen-bond acceptors (Lipinski definition) is 8. The van der Waals surface area contributed by atoms with E-state index in [0.29, 0.717) is 27.9 Å². The summed E-state index contributed by atoms with van der Waals surface area (Å²) in [4.78, 5) is 50.7. The van der Waals surface area contributed by atoms with Crippen LogP contribution in [0.2, 0.25) is 5.02 Å². The van der Waals surface area contributed by atoms with Gasteiger partial charge >= 0.3 is 5.97 Å². The zero-order valence-corrected chi connectivity index (χ0v) is 20.9. The molecule has 0 bridgehead atoms. The fourth-order valence-corrected chi connectivity index (χ4v) is 3.84. The first kappa shape index (κ1) is 28.1. The van der Waals surface area contributed by atoms with Crippen molar-refractivity contribution in [2.45, 2.75) is 63.7 Å². The van der Waals surface area contributed by atoms with Crippen LogP contribution in [0.1, 0.15) is 50.2 Å². The number of aliphatic hydroxyl groups is 2. The van der Waals surface area contributed by atoms with Crippen LogP contribution in [0.25, 0.3) is 10.9 Å². The second kappa shape index (κ2) is 13.1. The number of carboxylic acids is 1. The fraction of sp³-hybridized carbons (Fsp3) is 0.500. The Kier molecular flexibility index (Phi) is 10.8. The van der Waals surface area contributed by atoms with Crippen molar-refractivity contribution in [3.8, 4) is 0 Å². The third-order valence-corrected chi connectivity index (χ3v) is 6.46. The molecule has 2 aromatic rings. The standard InChI is InChI=1S/C19H21BrClN3O4.C3H6O3/c20-13-9-15-12(8-14(13)21)19(28)24(10-23-15)18(27)5-1-3-11(25)7-16-17(26)4-2-6-22-16;1-2(4)3(5)6/h8-10,16-17,22,26H,1-7H2;2,4H,1H3,(H,5,6). The third kappa shape index (κ3) is 7.95. The SMILES string of the molecule is CC(O)C(=O)O.O=C(CCCC(=O)n1cnc2cc(Br)c(Cl)cc2c1=O)CC1NCCCC1O. The molecule has 0 spiro atoms. The number of fused-ring (bicyclic) bond motifs is 1. The van der Waals surface area contributed by atoms with Gasteiger partial charge in [0.15, 0.2) is 0 Å². The Morgan fingerprint density at radius 3 is 2.62 bits per heavy atom. The molecule has 1 aromatic carbocycles. The van der Waals surface area contributed by atoms with Gasteiger partial charge in [-0.3, -0.25) is 14.4 Å². The molecular formula is C22H27BrClN3O7. The van der Waals surface area contributed by atoms with Gasteiger partial charge in [-0.15, -0.1) is 0 Å². The first-order chi connectivity index (χ1) is 16.0. The van der Waals surface area contributed by atoms with Crippen molar-refractivity contribution < 1.29 is 29.7 Å². The van der Waals surface area contributed by atoms with E-state index >= 15 is 0 Å². The summed E-state index contributed by atoms with van der Waals surface area (Å²) in [6, 6.07) is 2.89. The van der Waals surface area contributed by atoms with E-state index in [1.54, 1.807) is 6.07 Å². The van der Waals surface area contributed by atoms with Crippen molar-refractivity contribution in [2.24, 2.45) is 0 Å². The second-order valence-corrected chi connectivity index (χ2v) is 9.24. The number of aliphatic hydroxyl groups excluding tert-OH is 2. The van der Waals surface area contributed by atoms with Gasteiger partial charge < -0.3 is 20.6 Å². The highest BCUT2D eigenvalue weighted by Crippen LogP contribution is 2.25. The predicted octanol–water partition coefficient (Wildman–Crippen LogP) is 2.15. The van der Waals surface area contributed by atoms with Crippen molar-refractivity contribution in [1.82, 2.24) is 14.9 Å². The number of carbonyl (C=O) groups excluding carboxylic acids is 2. The highest BCUT2D eigenvalue weighted by molar-refractivity contribution is 9.10. The van der Waals surface area contributed by atoms with E-state index in [-0.39, 0.29) is 36.5 Å². The zero-order valence-electron chi connectivity index (χ0n) is 18.5. The molecule has 4 N–H and O–H groups in total. The Labute approximate surface area is 209 Å². The van der Waals surface area contributed by atoms with E-state index in [2.05, 4.69) is 26.2 Å². The summed E-state index contributed by atoms with van der Waals surface area (Å²) < 4.78 is 1.58. The number of carbonyl (C=O) groups is 3. The van der Waals surface area contributed by atoms with E-state index in [4.69, 9.17) is 21.8 Å². The number of rotatable bonds is 7. The Hall–Kier alpha value is -2.18. The lowest BCUT2D eigenvalue weighted by atomic mass is 9.95. The average Bonchev–Trinajstić information content (AvgIpc) is 2.77. The fourth-order valence-electron chi connectivity index (χ4n) is 3.34. The van der Waals surface area contributed by atoms with Crippen LogP contribution in [0, 0.1) is 0 Å². The zero-order chi connectivity index (χ0) is 25.4. The number of piperidine rings is 1. The van der Waals surface area contributed by atoms with Crippen LogP contribution < -0.4 is 10.9 Å². The van der Waals surface area contributed by atoms with E-state index in [1.165, 1.54) is 19.3 Å². The van der Waals surface area contributed by atoms with Gasteiger partial charge in [0.05, 0.1) is 22.0 Å². The molecule has 3 atom stereocenters. The minimum atomic E-state index is -1.23. The second-order valence-electron chi connectivity index (χ2n) is 7.98. The summed E-state index contributed by atoms with van der Waals surface area (Å²) in [5.74, 6) is -1.61. The van der Waals surface area contributed by atoms with Crippen LogP contribution in [0.15, 0.2) is 27.7 Å². The summed E-state index contributed by atoms with van der Waals surface area (Å²) in [7, 11) is 0. The molecule has 34 heavy (non-hydrogen) atoms. The molecule has 186 valence electrons. The molecule has 10 nitrogen and oxygen atoms in total. The number of benzene rings is 1. The number of hydrogen-bond donors (Lipinski definition) is 4. The van der Waals surface area contributed by atoms with Gasteiger partial charge in [-0.05, 0) is 60.8 Å². The van der Waals surface area contributed by atoms with Crippen LogP contribution in [-0.2, 0) is 9.59 Å². The maximum absolute atomic E-state index is 12.6. The lowest BCUT2D eigenvalue weighted by Gasteiger charge is -2.28. The van der Waals surface area contributed by atoms with Crippen LogP contribution in [0.3, 0.4) is 0 Å². The number of nitrogens with one attached hydrogen (secondary N) is 1. The van der Waals surface area contributed by atoms with Crippen molar-refractivity contribution >= 4 is 56.1 Å². The van der Waals surface area contributed by atoms with E-state index in [0.717, 1.165) is 17.5 Å². The molecule has 0 saturated carbocycles. The Morgan fingerprint density at radius 2 is 2.00 bits per heavy atom. The largest absolute Gasteiger partial charge is 0.479 e. The van der Waals surface area contributed by atoms with Crippen molar-refractivity contribution in [3.05, 3.63) is 38.3 Å². The summed E-state index contributed by atoms with van der Waals surface area (Å²) in [5, 5.41) is 29.5. The third-order valence-electron chi connectivity index (χ3n) is 5.27. The summed E-state index contributed by atoms with van der Waals surface area (Å²) in [5.41, 5.74) is -0.0377. The number of halogens is 2. The van der Waals surface area contributed by atoms with Crippen LogP contribution >= 0.6 is 27.5 Å². The molecule has 2 heterocycles. The molecule has 3 rings (SSSR count). The number of nitrogens with zero attached hydrogens (tertiary/aromatic N) is 2. The molecule has 0 aliphatic carbocycles. The van der Waals surface area contributed by atoms with Crippen molar-refractivity contribution in [3.63, 3.8) is 0 Å². The average molecular weight is 561 g/mol. The number of Topliss-reactive ketones (excluding diaryl/α,β-unsaturated/α-hetero) is 1. The van der Waals surface area contributed by atoms with Gasteiger partial charge in [0.2, 0.25) is 5.91 Å². The lowest BCUT2D eigenvalue weighted by Crippen LogP contribution is -2.45. The molecule has 12 heteroatoms. The normalized spacial score (nSPS) is 18.6. The molecule has 1 saturated heterocycles. The van der Waals surface area contributed by atoms with E-state index in [1.807, 2.05) is 0 Å². The maximum Gasteiger partial charge on any atom is 0.332 e. The van der Waals surface area contributed by atoms with Gasteiger partial charge in [0.25, 0.3) is 5.56 Å². The van der Waals surface area contributed by atoms with E-state index in [9.17, 15) is 24.3 Å². The molecule has 1 aliphatic heterocycles. The minimum absolute atomic E-state index is 0.00753. The molecule has 1 aliphatic rings. The predicted molar refractivity (Wildman–Crippen MR) is 129 cm³/mol. The van der Waals surface area contributed by atoms with Gasteiger partial charge in [-0.2, -0.15) is 0 Å². The molecule has 1 fully saturated rings. The smallest absolute Gasteiger partial charge is 0.332 e. The first-order valence-corrected chi connectivity index (χ1v) is 11.9. The molecule has 1 aromatic heterocycles. The Morgan fingerprint density at radius 1 is 1.32 bits per heavy atom. The monoisotopic (exact) mass is 559 g/mol. The quantitative estimate of drug-likeness (QED) is 0.398. The number of aliphatic carboxylic acids is 1. The van der Waals surface area contributed by atoms with E-state index < -0.39 is 29.6 Å². The summed E-state index contributed by atoms with van der Waals surface area (Å²) >= 11 is 9.31. The van der Waals surface area contributed by atoms with Crippen LogP contribution in [0.4, 0.5) is 0 Å². The van der Waals surface area contributed by atoms with Gasteiger partial charge in [-0.1, -0.05) is 11.6 Å². The van der Waals surface area contributed by atoms with Gasteiger partial charge in [0.1, 0.15) is 18.2 Å². The number of aromatic nitrogens is 2. The summed E-state index contributed by atoms with van der Waals surface area (Å²) in [6.07, 6.45) is 1.94. The lowest BCUT2D eigenvalue weighted by molar-refractivity contribution is -0.145. The Bertz CT molecular complexity index is 1110. The molecular weight excluding hydrogens is 534 g/mol. The van der Waals surface area contributed by atoms with Crippen LogP contribution in [0.5, 0.6) is 0 Å². The van der Waals surface area contributed by atoms with Crippen LogP contribution in [-0.4, -0.2) is 67.3 Å². The van der Waals surface area contributed by atoms with Crippen molar-refractivity contribution in [1.29, 1.82) is 0 Å². The van der Waals surface area contributed by atoms with Gasteiger partial charge in [-0.25, -0.2) is 14.3 Å². The van der Waals surface area contributed by atoms with Crippen molar-refractivity contribution in [2.75, 3.05) is 6.54 Å². The van der Waals surface area contributed by atoms with Gasteiger partial charge in [0, 0.05) is 29.8 Å². The summed E-state index contributed by atoms with van der Waals surface area (Å²) in [6.45, 7) is 1.99. The first-order valence-electron chi connectivity index (χ1n) is 10.7. The Balaban J connectivity index is 0.000000604. The minimum Gasteiger partial charge on any atom is -0.479 e. The maximum atomic E-state index is 12.6. The highest BCUT2D eigenvalue weighted by Gasteiger charge is 2.24. The molecule has 3 unspecified atom stereocenters. The number of ketones is 1.